The number of hydrogen-bond donors (Lipinski definition) is 2. The van der Waals surface area contributed by atoms with E-state index in [1.54, 1.807) is 36.4 Å². The first-order valence-electron chi connectivity index (χ1n) is 12.4. The molecule has 42 heavy (non-hydrogen) atoms. The van der Waals surface area contributed by atoms with E-state index in [0.29, 0.717) is 11.8 Å². The topological polar surface area (TPSA) is 113 Å². The Morgan fingerprint density at radius 1 is 0.738 bits per heavy atom. The third kappa shape index (κ3) is 7.09. The highest BCUT2D eigenvalue weighted by Gasteiger charge is 2.31. The lowest BCUT2D eigenvalue weighted by molar-refractivity contribution is -0.137. The minimum atomic E-state index is -4.64. The summed E-state index contributed by atoms with van der Waals surface area (Å²) in [6.45, 7) is 3.13. The summed E-state index contributed by atoms with van der Waals surface area (Å²) in [4.78, 5) is 12.8. The lowest BCUT2D eigenvalue weighted by atomic mass is 10.1. The Morgan fingerprint density at radius 3 is 2.02 bits per heavy atom. The molecule has 0 aromatic heterocycles. The van der Waals surface area contributed by atoms with E-state index >= 15 is 0 Å². The average molecular weight is 618 g/mol. The molecule has 1 amide bonds. The van der Waals surface area contributed by atoms with Crippen LogP contribution >= 0.6 is 0 Å². The van der Waals surface area contributed by atoms with E-state index in [2.05, 4.69) is 10.0 Å². The Labute approximate surface area is 241 Å². The van der Waals surface area contributed by atoms with Gasteiger partial charge in [0.25, 0.3) is 20.0 Å². The predicted octanol–water partition coefficient (Wildman–Crippen LogP) is 5.96. The van der Waals surface area contributed by atoms with E-state index in [0.717, 1.165) is 39.7 Å². The quantitative estimate of drug-likeness (QED) is 0.241. The molecule has 4 rings (SSSR count). The van der Waals surface area contributed by atoms with Gasteiger partial charge in [-0.3, -0.25) is 13.8 Å². The summed E-state index contributed by atoms with van der Waals surface area (Å²) in [6, 6.07) is 21.3. The fourth-order valence-electron chi connectivity index (χ4n) is 3.94. The first-order valence-corrected chi connectivity index (χ1v) is 15.3. The van der Waals surface area contributed by atoms with E-state index in [1.165, 1.54) is 30.3 Å². The molecule has 0 saturated heterocycles. The summed E-state index contributed by atoms with van der Waals surface area (Å²) in [7, 11) is -8.38. The van der Waals surface area contributed by atoms with Crippen molar-refractivity contribution in [3.8, 4) is 0 Å². The van der Waals surface area contributed by atoms with Gasteiger partial charge in [0.05, 0.1) is 21.0 Å². The third-order valence-electron chi connectivity index (χ3n) is 6.29. The third-order valence-corrected chi connectivity index (χ3v) is 9.47. The second kappa shape index (κ2) is 11.9. The molecule has 0 heterocycles. The highest BCUT2D eigenvalue weighted by Crippen LogP contribution is 2.31. The zero-order valence-electron chi connectivity index (χ0n) is 22.4. The lowest BCUT2D eigenvalue weighted by Crippen LogP contribution is -2.38. The molecule has 4 aromatic carbocycles. The predicted molar refractivity (Wildman–Crippen MR) is 154 cm³/mol. The molecule has 0 aliphatic heterocycles. The monoisotopic (exact) mass is 617 g/mol. The molecule has 0 unspecified atom stereocenters. The Morgan fingerprint density at radius 2 is 1.40 bits per heavy atom. The van der Waals surface area contributed by atoms with Crippen LogP contribution in [0, 0.1) is 13.8 Å². The van der Waals surface area contributed by atoms with E-state index in [-0.39, 0.29) is 21.2 Å². The van der Waals surface area contributed by atoms with Crippen LogP contribution in [0.15, 0.2) is 107 Å². The summed E-state index contributed by atoms with van der Waals surface area (Å²) in [5.41, 5.74) is 0.960. The maximum atomic E-state index is 13.5. The van der Waals surface area contributed by atoms with Gasteiger partial charge in [-0.2, -0.15) is 13.2 Å². The lowest BCUT2D eigenvalue weighted by Gasteiger charge is -2.25. The van der Waals surface area contributed by atoms with Crippen LogP contribution in [0.4, 0.5) is 30.2 Å². The number of aryl methyl sites for hydroxylation is 2. The van der Waals surface area contributed by atoms with E-state index in [9.17, 15) is 34.8 Å². The van der Waals surface area contributed by atoms with Crippen LogP contribution in [0.25, 0.3) is 0 Å². The maximum Gasteiger partial charge on any atom is 0.416 e. The van der Waals surface area contributed by atoms with Crippen LogP contribution in [0.3, 0.4) is 0 Å². The fraction of sp³-hybridized carbons (Fsp3) is 0.138. The molecule has 0 radical (unpaired) electrons. The highest BCUT2D eigenvalue weighted by molar-refractivity contribution is 7.93. The van der Waals surface area contributed by atoms with Crippen molar-refractivity contribution in [2.45, 2.75) is 29.8 Å². The Kier molecular flexibility index (Phi) is 8.64. The Hall–Kier alpha value is -4.36. The van der Waals surface area contributed by atoms with Crippen molar-refractivity contribution in [3.63, 3.8) is 0 Å². The number of nitrogens with zero attached hydrogens (tertiary/aromatic N) is 1. The van der Waals surface area contributed by atoms with Gasteiger partial charge in [0.1, 0.15) is 6.54 Å². The Balaban J connectivity index is 1.53. The van der Waals surface area contributed by atoms with Crippen LogP contribution in [-0.2, 0) is 31.0 Å². The molecule has 0 saturated carbocycles. The molecule has 2 N–H and O–H groups in total. The van der Waals surface area contributed by atoms with Crippen molar-refractivity contribution in [1.29, 1.82) is 0 Å². The van der Waals surface area contributed by atoms with Crippen molar-refractivity contribution in [2.24, 2.45) is 0 Å². The second-order valence-electron chi connectivity index (χ2n) is 9.35. The standard InChI is InChI=1S/C29H26F3N3O5S2/c1-20-11-14-25(17-21(20)2)35(42(39,40)27-9-4-3-5-10-27)19-28(36)33-23-12-15-26(16-13-23)41(37,38)34-24-8-6-7-22(18-24)29(30,31)32/h3-18,34H,19H2,1-2H3,(H,33,36). The molecule has 0 aliphatic rings. The zero-order valence-corrected chi connectivity index (χ0v) is 24.0. The smallest absolute Gasteiger partial charge is 0.325 e. The van der Waals surface area contributed by atoms with Gasteiger partial charge in [-0.15, -0.1) is 0 Å². The number of hydrogen-bond acceptors (Lipinski definition) is 5. The molecule has 8 nitrogen and oxygen atoms in total. The number of amides is 1. The van der Waals surface area contributed by atoms with Crippen molar-refractivity contribution in [3.05, 3.63) is 114 Å². The summed E-state index contributed by atoms with van der Waals surface area (Å²) in [6.07, 6.45) is -4.64. The van der Waals surface area contributed by atoms with Gasteiger partial charge in [0.15, 0.2) is 0 Å². The van der Waals surface area contributed by atoms with Crippen molar-refractivity contribution >= 4 is 43.0 Å². The largest absolute Gasteiger partial charge is 0.416 e. The molecule has 0 spiro atoms. The van der Waals surface area contributed by atoms with Gasteiger partial charge < -0.3 is 5.32 Å². The van der Waals surface area contributed by atoms with Gasteiger partial charge in [0, 0.05) is 11.4 Å². The normalized spacial score (nSPS) is 12.0. The van der Waals surface area contributed by atoms with Crippen molar-refractivity contribution < 1.29 is 34.8 Å². The summed E-state index contributed by atoms with van der Waals surface area (Å²) in [5, 5.41) is 2.56. The van der Waals surface area contributed by atoms with Crippen LogP contribution in [0.5, 0.6) is 0 Å². The number of carbonyl (C=O) groups excluding carboxylic acids is 1. The van der Waals surface area contributed by atoms with Crippen LogP contribution in [0.1, 0.15) is 16.7 Å². The van der Waals surface area contributed by atoms with Gasteiger partial charge in [-0.25, -0.2) is 16.8 Å². The Bertz CT molecular complexity index is 1810. The van der Waals surface area contributed by atoms with Gasteiger partial charge in [-0.05, 0) is 91.7 Å². The minimum Gasteiger partial charge on any atom is -0.325 e. The minimum absolute atomic E-state index is 0.00106. The van der Waals surface area contributed by atoms with E-state index in [4.69, 9.17) is 0 Å². The van der Waals surface area contributed by atoms with Crippen LogP contribution in [0.2, 0.25) is 0 Å². The maximum absolute atomic E-state index is 13.5. The van der Waals surface area contributed by atoms with Crippen LogP contribution in [-0.4, -0.2) is 29.3 Å². The molecule has 0 fully saturated rings. The summed E-state index contributed by atoms with van der Waals surface area (Å²) < 4.78 is 94.5. The number of sulfonamides is 2. The number of anilines is 3. The molecule has 0 bridgehead atoms. The SMILES string of the molecule is Cc1ccc(N(CC(=O)Nc2ccc(S(=O)(=O)Nc3cccc(C(F)(F)F)c3)cc2)S(=O)(=O)c2ccccc2)cc1C. The molecule has 220 valence electrons. The number of nitrogens with one attached hydrogen (secondary N) is 2. The molecule has 0 atom stereocenters. The molecule has 4 aromatic rings. The average Bonchev–Trinajstić information content (AvgIpc) is 2.93. The summed E-state index contributed by atoms with van der Waals surface area (Å²) in [5.74, 6) is -0.689. The van der Waals surface area contributed by atoms with Gasteiger partial charge in [-0.1, -0.05) is 30.3 Å². The number of alkyl halides is 3. The first kappa shape index (κ1) is 30.6. The van der Waals surface area contributed by atoms with Crippen LogP contribution < -0.4 is 14.3 Å². The molecule has 13 heteroatoms. The number of rotatable bonds is 9. The zero-order chi connectivity index (χ0) is 30.7. The fourth-order valence-corrected chi connectivity index (χ4v) is 6.42. The summed E-state index contributed by atoms with van der Waals surface area (Å²) >= 11 is 0. The molecular formula is C29H26F3N3O5S2. The highest BCUT2D eigenvalue weighted by atomic mass is 32.2. The molecule has 0 aliphatic carbocycles. The number of carbonyl (C=O) groups is 1. The first-order chi connectivity index (χ1) is 19.7. The van der Waals surface area contributed by atoms with E-state index in [1.807, 2.05) is 13.8 Å². The van der Waals surface area contributed by atoms with Crippen molar-refractivity contribution in [1.82, 2.24) is 0 Å². The second-order valence-corrected chi connectivity index (χ2v) is 12.9. The molecular weight excluding hydrogens is 591 g/mol. The van der Waals surface area contributed by atoms with Gasteiger partial charge in [0.2, 0.25) is 5.91 Å². The number of benzene rings is 4. The van der Waals surface area contributed by atoms with E-state index < -0.39 is 44.2 Å². The van der Waals surface area contributed by atoms with Gasteiger partial charge >= 0.3 is 6.18 Å². The number of halogens is 3. The van der Waals surface area contributed by atoms with Crippen molar-refractivity contribution in [2.75, 3.05) is 20.9 Å².